The number of benzene rings is 2. The fourth-order valence-electron chi connectivity index (χ4n) is 3.13. The summed E-state index contributed by atoms with van der Waals surface area (Å²) < 4.78 is 39.8. The van der Waals surface area contributed by atoms with E-state index in [2.05, 4.69) is 0 Å². The van der Waals surface area contributed by atoms with Gasteiger partial charge in [-0.15, -0.1) is 0 Å². The second kappa shape index (κ2) is 12.3. The van der Waals surface area contributed by atoms with E-state index in [1.807, 2.05) is 34.5 Å². The molecule has 0 aliphatic heterocycles. The van der Waals surface area contributed by atoms with E-state index in [9.17, 15) is 18.7 Å². The van der Waals surface area contributed by atoms with Gasteiger partial charge in [-0.1, -0.05) is 6.07 Å². The Morgan fingerprint density at radius 2 is 1.97 bits per heavy atom. The third kappa shape index (κ3) is 7.99. The largest absolute Gasteiger partial charge is 0.493 e. The number of nitrogens with zero attached hydrogens (tertiary/aromatic N) is 1. The Morgan fingerprint density at radius 1 is 1.23 bits per heavy atom. The van der Waals surface area contributed by atoms with Crippen LogP contribution in [0.5, 0.6) is 5.75 Å². The highest BCUT2D eigenvalue weighted by Crippen LogP contribution is 2.27. The number of amides is 1. The predicted molar refractivity (Wildman–Crippen MR) is 122 cm³/mol. The molecule has 0 fully saturated rings. The second-order valence-electron chi connectivity index (χ2n) is 7.26. The molecule has 0 aliphatic rings. The molecule has 0 aromatic heterocycles. The number of hydrogen-bond donors (Lipinski definition) is 2. The maximum absolute atomic E-state index is 14.3. The van der Waals surface area contributed by atoms with Gasteiger partial charge in [0.15, 0.2) is 0 Å². The van der Waals surface area contributed by atoms with Crippen molar-refractivity contribution in [3.05, 3.63) is 62.2 Å². The third-order valence-corrected chi connectivity index (χ3v) is 5.37. The van der Waals surface area contributed by atoms with Crippen LogP contribution in [0.3, 0.4) is 0 Å². The Hall–Kier alpha value is -1.82. The van der Waals surface area contributed by atoms with Crippen molar-refractivity contribution in [1.29, 1.82) is 0 Å². The Bertz CT molecular complexity index is 898. The predicted octanol–water partition coefficient (Wildman–Crippen LogP) is 2.97. The molecular formula is C22H27F2IN2O4. The quantitative estimate of drug-likeness (QED) is 0.399. The van der Waals surface area contributed by atoms with Crippen molar-refractivity contribution in [2.45, 2.75) is 18.9 Å². The van der Waals surface area contributed by atoms with Crippen LogP contribution in [0.2, 0.25) is 0 Å². The molecule has 0 radical (unpaired) electrons. The third-order valence-electron chi connectivity index (χ3n) is 4.70. The zero-order valence-electron chi connectivity index (χ0n) is 17.5. The summed E-state index contributed by atoms with van der Waals surface area (Å²) in [5.41, 5.74) is 6.08. The lowest BCUT2D eigenvalue weighted by molar-refractivity contribution is 0.0864. The maximum atomic E-state index is 14.3. The van der Waals surface area contributed by atoms with Crippen LogP contribution in [0.1, 0.15) is 27.9 Å². The second-order valence-corrected chi connectivity index (χ2v) is 8.51. The number of likely N-dealkylation sites (N-methyl/N-ethyl adjacent to an activating group) is 1. The summed E-state index contributed by atoms with van der Waals surface area (Å²) in [5.74, 6) is -1.89. The van der Waals surface area contributed by atoms with Gasteiger partial charge in [0.2, 0.25) is 0 Å². The van der Waals surface area contributed by atoms with E-state index in [-0.39, 0.29) is 36.3 Å². The first-order valence-electron chi connectivity index (χ1n) is 9.75. The van der Waals surface area contributed by atoms with E-state index < -0.39 is 23.6 Å². The number of hydrogen-bond acceptors (Lipinski definition) is 5. The SMILES string of the molecule is COCCN(C)C[C@H](O)CCOc1cc(F)cc(Cc2ccc(I)cc2F)c1C(N)=O. The number of halogens is 3. The van der Waals surface area contributed by atoms with Gasteiger partial charge in [-0.05, 0) is 59.0 Å². The number of ether oxygens (including phenoxy) is 2. The molecule has 9 heteroatoms. The fourth-order valence-corrected chi connectivity index (χ4v) is 3.59. The van der Waals surface area contributed by atoms with E-state index in [1.54, 1.807) is 19.2 Å². The molecule has 0 heterocycles. The minimum atomic E-state index is -0.796. The summed E-state index contributed by atoms with van der Waals surface area (Å²) in [7, 11) is 3.46. The van der Waals surface area contributed by atoms with Crippen molar-refractivity contribution >= 4 is 28.5 Å². The topological polar surface area (TPSA) is 85.0 Å². The number of methoxy groups -OCH3 is 1. The van der Waals surface area contributed by atoms with Gasteiger partial charge in [0.1, 0.15) is 17.4 Å². The van der Waals surface area contributed by atoms with E-state index >= 15 is 0 Å². The number of primary amides is 1. The van der Waals surface area contributed by atoms with Gasteiger partial charge in [0, 0.05) is 42.7 Å². The van der Waals surface area contributed by atoms with Crippen LogP contribution >= 0.6 is 22.6 Å². The van der Waals surface area contributed by atoms with Crippen molar-refractivity contribution in [2.75, 3.05) is 40.5 Å². The zero-order valence-corrected chi connectivity index (χ0v) is 19.7. The summed E-state index contributed by atoms with van der Waals surface area (Å²) >= 11 is 1.99. The fraction of sp³-hybridized carbons (Fsp3) is 0.409. The van der Waals surface area contributed by atoms with Crippen molar-refractivity contribution in [1.82, 2.24) is 4.90 Å². The minimum Gasteiger partial charge on any atom is -0.493 e. The molecule has 3 N–H and O–H groups in total. The van der Waals surface area contributed by atoms with Crippen LogP contribution < -0.4 is 10.5 Å². The lowest BCUT2D eigenvalue weighted by atomic mass is 9.98. The summed E-state index contributed by atoms with van der Waals surface area (Å²) in [4.78, 5) is 14.0. The molecule has 0 aliphatic carbocycles. The number of rotatable bonds is 12. The van der Waals surface area contributed by atoms with Crippen molar-refractivity contribution < 1.29 is 28.2 Å². The minimum absolute atomic E-state index is 0.00560. The van der Waals surface area contributed by atoms with Crippen LogP contribution in [0.25, 0.3) is 0 Å². The van der Waals surface area contributed by atoms with E-state index in [0.29, 0.717) is 25.3 Å². The number of aliphatic hydroxyl groups is 1. The normalized spacial score (nSPS) is 12.2. The lowest BCUT2D eigenvalue weighted by Crippen LogP contribution is -2.32. The molecule has 1 amide bonds. The Kier molecular flexibility index (Phi) is 10.1. The first-order valence-corrected chi connectivity index (χ1v) is 10.8. The van der Waals surface area contributed by atoms with Crippen molar-refractivity contribution in [2.24, 2.45) is 5.73 Å². The van der Waals surface area contributed by atoms with E-state index in [0.717, 1.165) is 15.7 Å². The summed E-state index contributed by atoms with van der Waals surface area (Å²) in [6.07, 6.45) is -0.414. The first kappa shape index (κ1) is 25.4. The van der Waals surface area contributed by atoms with Crippen LogP contribution in [-0.2, 0) is 11.2 Å². The highest BCUT2D eigenvalue weighted by atomic mass is 127. The summed E-state index contributed by atoms with van der Waals surface area (Å²) in [6, 6.07) is 6.91. The molecule has 2 aromatic carbocycles. The lowest BCUT2D eigenvalue weighted by Gasteiger charge is -2.20. The molecule has 31 heavy (non-hydrogen) atoms. The first-order chi connectivity index (χ1) is 14.7. The van der Waals surface area contributed by atoms with Crippen LogP contribution in [-0.4, -0.2) is 62.5 Å². The van der Waals surface area contributed by atoms with E-state index in [1.165, 1.54) is 6.07 Å². The molecule has 0 spiro atoms. The maximum Gasteiger partial charge on any atom is 0.252 e. The Balaban J connectivity index is 2.12. The average molecular weight is 548 g/mol. The highest BCUT2D eigenvalue weighted by molar-refractivity contribution is 14.1. The number of aliphatic hydroxyl groups excluding tert-OH is 1. The highest BCUT2D eigenvalue weighted by Gasteiger charge is 2.19. The molecule has 1 atom stereocenters. The molecule has 0 unspecified atom stereocenters. The van der Waals surface area contributed by atoms with Gasteiger partial charge in [0.05, 0.1) is 24.9 Å². The van der Waals surface area contributed by atoms with Crippen molar-refractivity contribution in [3.63, 3.8) is 0 Å². The van der Waals surface area contributed by atoms with E-state index in [4.69, 9.17) is 15.2 Å². The Labute approximate surface area is 194 Å². The van der Waals surface area contributed by atoms with Crippen LogP contribution in [0, 0.1) is 15.2 Å². The molecule has 0 saturated carbocycles. The van der Waals surface area contributed by atoms with Gasteiger partial charge in [0.25, 0.3) is 5.91 Å². The van der Waals surface area contributed by atoms with Crippen LogP contribution in [0.4, 0.5) is 8.78 Å². The van der Waals surface area contributed by atoms with Gasteiger partial charge >= 0.3 is 0 Å². The summed E-state index contributed by atoms with van der Waals surface area (Å²) in [5, 5.41) is 10.2. The molecule has 0 bridgehead atoms. The molecule has 170 valence electrons. The van der Waals surface area contributed by atoms with Gasteiger partial charge in [-0.2, -0.15) is 0 Å². The standard InChI is InChI=1S/C22H27F2IN2O4/c1-27(6-8-30-2)13-18(28)5-7-31-20-11-16(23)10-15(21(20)22(26)29)9-14-3-4-17(25)12-19(14)24/h3-4,10-12,18,28H,5-9,13H2,1-2H3,(H2,26,29)/t18-/m1/s1. The average Bonchev–Trinajstić information content (AvgIpc) is 2.68. The number of carbonyl (C=O) groups is 1. The van der Waals surface area contributed by atoms with Gasteiger partial charge in [-0.3, -0.25) is 4.79 Å². The molecular weight excluding hydrogens is 521 g/mol. The monoisotopic (exact) mass is 548 g/mol. The molecule has 2 rings (SSSR count). The van der Waals surface area contributed by atoms with Gasteiger partial charge in [-0.25, -0.2) is 8.78 Å². The zero-order chi connectivity index (χ0) is 23.0. The van der Waals surface area contributed by atoms with Gasteiger partial charge < -0.3 is 25.2 Å². The van der Waals surface area contributed by atoms with Crippen molar-refractivity contribution in [3.8, 4) is 5.75 Å². The number of carbonyl (C=O) groups excluding carboxylic acids is 1. The summed E-state index contributed by atoms with van der Waals surface area (Å²) in [6.45, 7) is 1.69. The molecule has 2 aromatic rings. The smallest absolute Gasteiger partial charge is 0.252 e. The molecule has 0 saturated heterocycles. The Morgan fingerprint density at radius 3 is 2.61 bits per heavy atom. The molecule has 6 nitrogen and oxygen atoms in total. The van der Waals surface area contributed by atoms with Crippen LogP contribution in [0.15, 0.2) is 30.3 Å². The number of nitrogens with two attached hydrogens (primary N) is 1.